The summed E-state index contributed by atoms with van der Waals surface area (Å²) in [6.45, 7) is 23.5. The number of hydrogen-bond donors (Lipinski definition) is 1. The van der Waals surface area contributed by atoms with Gasteiger partial charge in [0, 0.05) is 19.3 Å². The molecule has 0 aromatic heterocycles. The van der Waals surface area contributed by atoms with Crippen molar-refractivity contribution in [2.45, 2.75) is 134 Å². The molecule has 1 N–H and O–H groups in total. The Morgan fingerprint density at radius 3 is 1.34 bits per heavy atom. The minimum Gasteiger partial charge on any atom is -0.481 e. The highest BCUT2D eigenvalue weighted by Gasteiger charge is 2.41. The molecule has 2 rings (SSSR count). The van der Waals surface area contributed by atoms with Crippen molar-refractivity contribution >= 4 is 35.8 Å². The molecule has 59 heavy (non-hydrogen) atoms. The molecule has 9 nitrogen and oxygen atoms in total. The molecule has 2 unspecified atom stereocenters. The van der Waals surface area contributed by atoms with Crippen molar-refractivity contribution in [2.75, 3.05) is 0 Å². The Balaban J connectivity index is 0.00000856. The van der Waals surface area contributed by atoms with Crippen molar-refractivity contribution in [1.29, 1.82) is 0 Å². The fourth-order valence-electron chi connectivity index (χ4n) is 6.58. The highest BCUT2D eigenvalue weighted by molar-refractivity contribution is 6.02. The van der Waals surface area contributed by atoms with E-state index in [2.05, 4.69) is 0 Å². The van der Waals surface area contributed by atoms with Crippen molar-refractivity contribution in [3.05, 3.63) is 130 Å². The second kappa shape index (κ2) is 25.1. The molecule has 0 radical (unpaired) electrons. The van der Waals surface area contributed by atoms with Crippen molar-refractivity contribution in [3.63, 3.8) is 0 Å². The van der Waals surface area contributed by atoms with Crippen molar-refractivity contribution in [2.24, 2.45) is 10.8 Å². The highest BCUT2D eigenvalue weighted by Crippen LogP contribution is 2.42. The SMILES string of the molecule is CC.CC1=C(/C=C/C(C)=C/C=C/C(C)=C/C=C/C=C(C)/C=C/C=C(C)/C=C/C2=C(C)C(=O)C(OC(=O)CCC(=O)O)CC2(C)C)C(C)(C)CC(OC(=O)CCC=O)C1=O. The first-order chi connectivity index (χ1) is 27.7. The van der Waals surface area contributed by atoms with Gasteiger partial charge in [0.25, 0.3) is 0 Å². The quantitative estimate of drug-likeness (QED) is 0.0813. The molecule has 0 bridgehead atoms. The average molecular weight is 811 g/mol. The molecule has 2 aliphatic carbocycles. The van der Waals surface area contributed by atoms with E-state index in [1.165, 1.54) is 0 Å². The zero-order valence-electron chi connectivity index (χ0n) is 37.3. The minimum absolute atomic E-state index is 0.0286. The smallest absolute Gasteiger partial charge is 0.307 e. The fraction of sp³-hybridized carbons (Fsp3) is 0.440. The third-order valence-electron chi connectivity index (χ3n) is 9.83. The van der Waals surface area contributed by atoms with E-state index in [0.717, 1.165) is 33.4 Å². The summed E-state index contributed by atoms with van der Waals surface area (Å²) in [4.78, 5) is 71.4. The Kier molecular flexibility index (Phi) is 22.0. The van der Waals surface area contributed by atoms with Crippen LogP contribution in [0.3, 0.4) is 0 Å². The zero-order chi connectivity index (χ0) is 44.9. The van der Waals surface area contributed by atoms with E-state index >= 15 is 0 Å². The number of carbonyl (C=O) groups is 6. The number of hydrogen-bond acceptors (Lipinski definition) is 8. The van der Waals surface area contributed by atoms with E-state index < -0.39 is 35.5 Å². The van der Waals surface area contributed by atoms with E-state index in [1.807, 2.05) is 154 Å². The van der Waals surface area contributed by atoms with Crippen LogP contribution in [0.2, 0.25) is 0 Å². The van der Waals surface area contributed by atoms with Crippen LogP contribution in [-0.2, 0) is 38.2 Å². The second-order valence-corrected chi connectivity index (χ2v) is 16.0. The Labute approximate surface area is 352 Å². The van der Waals surface area contributed by atoms with Gasteiger partial charge in [-0.05, 0) is 74.7 Å². The Morgan fingerprint density at radius 2 is 0.966 bits per heavy atom. The van der Waals surface area contributed by atoms with Crippen LogP contribution in [0.15, 0.2) is 130 Å². The number of aliphatic carboxylic acids is 1. The molecule has 320 valence electrons. The molecule has 0 spiro atoms. The van der Waals surface area contributed by atoms with Crippen LogP contribution in [0.4, 0.5) is 0 Å². The van der Waals surface area contributed by atoms with E-state index in [-0.39, 0.29) is 42.7 Å². The number of carboxylic acid groups (broad SMARTS) is 1. The maximum absolute atomic E-state index is 13.0. The summed E-state index contributed by atoms with van der Waals surface area (Å²) in [5.41, 5.74) is 6.23. The third-order valence-corrected chi connectivity index (χ3v) is 9.83. The molecule has 0 saturated carbocycles. The number of aldehydes is 1. The van der Waals surface area contributed by atoms with Crippen LogP contribution < -0.4 is 0 Å². The molecular weight excluding hydrogens is 745 g/mol. The first-order valence-corrected chi connectivity index (χ1v) is 20.3. The minimum atomic E-state index is -1.09. The molecule has 0 fully saturated rings. The maximum atomic E-state index is 13.0. The summed E-state index contributed by atoms with van der Waals surface area (Å²) in [6.07, 6.45) is 26.8. The van der Waals surface area contributed by atoms with Gasteiger partial charge in [-0.1, -0.05) is 149 Å². The summed E-state index contributed by atoms with van der Waals surface area (Å²) in [6, 6.07) is 0. The first kappa shape index (κ1) is 51.6. The van der Waals surface area contributed by atoms with E-state index in [4.69, 9.17) is 14.6 Å². The van der Waals surface area contributed by atoms with Gasteiger partial charge in [0.15, 0.2) is 23.8 Å². The lowest BCUT2D eigenvalue weighted by atomic mass is 9.71. The highest BCUT2D eigenvalue weighted by atomic mass is 16.6. The van der Waals surface area contributed by atoms with Crippen LogP contribution in [0, 0.1) is 10.8 Å². The molecule has 0 amide bonds. The number of carboxylic acids is 1. The van der Waals surface area contributed by atoms with Gasteiger partial charge in [-0.3, -0.25) is 24.0 Å². The normalized spacial score (nSPS) is 20.6. The van der Waals surface area contributed by atoms with Gasteiger partial charge in [0.05, 0.1) is 19.3 Å². The van der Waals surface area contributed by atoms with Gasteiger partial charge in [-0.15, -0.1) is 0 Å². The summed E-state index contributed by atoms with van der Waals surface area (Å²) >= 11 is 0. The molecule has 0 aromatic carbocycles. The lowest BCUT2D eigenvalue weighted by Crippen LogP contribution is -2.39. The first-order valence-electron chi connectivity index (χ1n) is 20.3. The lowest BCUT2D eigenvalue weighted by molar-refractivity contribution is -0.157. The standard InChI is InChI=1S/C48H60O9.C2H6/c1-32(18-13-20-34(3)23-25-38-36(5)45(54)40(30-47(38,7)8)56-43(52)22-15-29-49)16-11-12-17-33(2)19-14-21-35(4)24-26-39-37(6)46(55)41(31-48(39,9)10)57-44(53)28-27-42(50)51;1-2/h11-14,16-21,23-26,29,40-41H,15,22,27-28,30-31H2,1-10H3,(H,50,51);1-2H3/b12-11+,18-13+,19-14+,25-23+,26-24+,32-16+,33-17+,34-20+,35-21+;. The van der Waals surface area contributed by atoms with Crippen LogP contribution in [0.25, 0.3) is 0 Å². The van der Waals surface area contributed by atoms with Crippen molar-refractivity contribution in [1.82, 2.24) is 0 Å². The van der Waals surface area contributed by atoms with Gasteiger partial charge < -0.3 is 19.4 Å². The van der Waals surface area contributed by atoms with Crippen LogP contribution in [0.5, 0.6) is 0 Å². The number of rotatable bonds is 18. The van der Waals surface area contributed by atoms with E-state index in [1.54, 1.807) is 13.8 Å². The summed E-state index contributed by atoms with van der Waals surface area (Å²) < 4.78 is 10.8. The predicted octanol–water partition coefficient (Wildman–Crippen LogP) is 10.9. The topological polar surface area (TPSA) is 141 Å². The summed E-state index contributed by atoms with van der Waals surface area (Å²) in [5.74, 6) is -2.77. The van der Waals surface area contributed by atoms with Gasteiger partial charge in [0.1, 0.15) is 6.29 Å². The number of carbonyl (C=O) groups excluding carboxylic acids is 5. The van der Waals surface area contributed by atoms with Crippen molar-refractivity contribution < 1.29 is 43.3 Å². The van der Waals surface area contributed by atoms with Crippen LogP contribution >= 0.6 is 0 Å². The van der Waals surface area contributed by atoms with Gasteiger partial charge in [0.2, 0.25) is 0 Å². The zero-order valence-corrected chi connectivity index (χ0v) is 37.3. The molecule has 2 atom stereocenters. The molecular formula is C50H66O9. The number of esters is 2. The van der Waals surface area contributed by atoms with Crippen LogP contribution in [-0.4, -0.2) is 53.1 Å². The molecule has 0 aliphatic heterocycles. The molecule has 0 saturated heterocycles. The molecule has 9 heteroatoms. The number of ketones is 2. The summed E-state index contributed by atoms with van der Waals surface area (Å²) in [7, 11) is 0. The second-order valence-electron chi connectivity index (χ2n) is 16.0. The predicted molar refractivity (Wildman–Crippen MR) is 236 cm³/mol. The number of allylic oxidation sites excluding steroid dienone is 20. The fourth-order valence-corrected chi connectivity index (χ4v) is 6.58. The number of Topliss-reactive ketones (excluding diaryl/α,β-unsaturated/α-hetero) is 2. The van der Waals surface area contributed by atoms with Crippen LogP contribution in [0.1, 0.15) is 122 Å². The largest absolute Gasteiger partial charge is 0.481 e. The van der Waals surface area contributed by atoms with E-state index in [0.29, 0.717) is 30.3 Å². The maximum Gasteiger partial charge on any atom is 0.307 e. The molecule has 0 heterocycles. The average Bonchev–Trinajstić information content (AvgIpc) is 3.16. The van der Waals surface area contributed by atoms with Crippen molar-refractivity contribution in [3.8, 4) is 0 Å². The Hall–Kier alpha value is -5.44. The van der Waals surface area contributed by atoms with Gasteiger partial charge in [-0.2, -0.15) is 0 Å². The van der Waals surface area contributed by atoms with Gasteiger partial charge >= 0.3 is 17.9 Å². The van der Waals surface area contributed by atoms with Gasteiger partial charge in [-0.25, -0.2) is 0 Å². The molecule has 0 aromatic rings. The summed E-state index contributed by atoms with van der Waals surface area (Å²) in [5, 5.41) is 8.81. The third kappa shape index (κ3) is 17.9. The number of ether oxygens (including phenoxy) is 2. The lowest BCUT2D eigenvalue weighted by Gasteiger charge is -2.36. The Bertz CT molecular complexity index is 1910. The monoisotopic (exact) mass is 810 g/mol. The molecule has 2 aliphatic rings. The Morgan fingerprint density at radius 1 is 0.610 bits per heavy atom. The van der Waals surface area contributed by atoms with E-state index in [9.17, 15) is 28.8 Å².